The van der Waals surface area contributed by atoms with Crippen molar-refractivity contribution < 1.29 is 13.2 Å². The van der Waals surface area contributed by atoms with Gasteiger partial charge in [-0.25, -0.2) is 12.7 Å². The fourth-order valence-corrected chi connectivity index (χ4v) is 3.79. The van der Waals surface area contributed by atoms with Crippen LogP contribution in [0.3, 0.4) is 0 Å². The molecule has 0 bridgehead atoms. The zero-order valence-electron chi connectivity index (χ0n) is 13.6. The van der Waals surface area contributed by atoms with Crippen LogP contribution in [0.5, 0.6) is 0 Å². The highest BCUT2D eigenvalue weighted by atomic mass is 32.2. The predicted octanol–water partition coefficient (Wildman–Crippen LogP) is 0.491. The monoisotopic (exact) mass is 319 g/mol. The van der Waals surface area contributed by atoms with E-state index in [4.69, 9.17) is 5.73 Å². The molecule has 2 N–H and O–H groups in total. The Morgan fingerprint density at radius 2 is 1.86 bits per heavy atom. The predicted molar refractivity (Wildman–Crippen MR) is 84.2 cm³/mol. The smallest absolute Gasteiger partial charge is 0.225 e. The summed E-state index contributed by atoms with van der Waals surface area (Å²) in [5.74, 6) is 0.146. The third-order valence-corrected chi connectivity index (χ3v) is 6.04. The van der Waals surface area contributed by atoms with Gasteiger partial charge in [-0.05, 0) is 31.7 Å². The minimum Gasteiger partial charge on any atom is -0.345 e. The van der Waals surface area contributed by atoms with Gasteiger partial charge >= 0.3 is 0 Å². The number of amides is 1. The highest BCUT2D eigenvalue weighted by Crippen LogP contribution is 2.23. The minimum atomic E-state index is -3.13. The molecule has 0 aromatic carbocycles. The van der Waals surface area contributed by atoms with Gasteiger partial charge in [-0.1, -0.05) is 13.8 Å². The van der Waals surface area contributed by atoms with Crippen LogP contribution in [0.25, 0.3) is 0 Å². The second-order valence-corrected chi connectivity index (χ2v) is 8.89. The molecule has 0 aromatic rings. The van der Waals surface area contributed by atoms with Crippen LogP contribution < -0.4 is 5.73 Å². The number of hydrogen-bond acceptors (Lipinski definition) is 4. The Morgan fingerprint density at radius 3 is 2.29 bits per heavy atom. The van der Waals surface area contributed by atoms with Crippen LogP contribution in [0.4, 0.5) is 0 Å². The highest BCUT2D eigenvalue weighted by molar-refractivity contribution is 7.89. The second kappa shape index (κ2) is 7.07. The van der Waals surface area contributed by atoms with Crippen molar-refractivity contribution in [3.63, 3.8) is 0 Å². The Bertz CT molecular complexity index is 454. The largest absolute Gasteiger partial charge is 0.345 e. The van der Waals surface area contributed by atoms with Gasteiger partial charge in [0.1, 0.15) is 0 Å². The Kier molecular flexibility index (Phi) is 6.19. The van der Waals surface area contributed by atoms with Gasteiger partial charge in [0.25, 0.3) is 0 Å². The van der Waals surface area contributed by atoms with Crippen LogP contribution in [0, 0.1) is 11.3 Å². The SMILES string of the molecule is CCS(=O)(=O)N1CCC(C(=O)N(C)CC(C)(C)CN)CC1. The molecule has 0 aromatic heterocycles. The first-order valence-corrected chi connectivity index (χ1v) is 9.17. The first-order valence-electron chi connectivity index (χ1n) is 7.56. The fraction of sp³-hybridized carbons (Fsp3) is 0.929. The molecule has 1 rings (SSSR count). The van der Waals surface area contributed by atoms with E-state index < -0.39 is 10.0 Å². The maximum atomic E-state index is 12.4. The molecule has 1 saturated heterocycles. The Morgan fingerprint density at radius 1 is 1.33 bits per heavy atom. The molecule has 0 spiro atoms. The lowest BCUT2D eigenvalue weighted by Crippen LogP contribution is -2.46. The van der Waals surface area contributed by atoms with E-state index in [0.717, 1.165) is 0 Å². The Labute approximate surface area is 128 Å². The lowest BCUT2D eigenvalue weighted by atomic mass is 9.91. The van der Waals surface area contributed by atoms with Gasteiger partial charge in [0.2, 0.25) is 15.9 Å². The van der Waals surface area contributed by atoms with E-state index in [1.54, 1.807) is 18.9 Å². The van der Waals surface area contributed by atoms with Crippen LogP contribution in [0.2, 0.25) is 0 Å². The van der Waals surface area contributed by atoms with Crippen LogP contribution >= 0.6 is 0 Å². The average Bonchev–Trinajstić information content (AvgIpc) is 2.46. The fourth-order valence-electron chi connectivity index (χ4n) is 2.66. The van der Waals surface area contributed by atoms with Crippen molar-refractivity contribution in [1.82, 2.24) is 9.21 Å². The maximum Gasteiger partial charge on any atom is 0.225 e. The van der Waals surface area contributed by atoms with Gasteiger partial charge in [-0.3, -0.25) is 4.79 Å². The quantitative estimate of drug-likeness (QED) is 0.772. The Balaban J connectivity index is 2.56. The number of carbonyl (C=O) groups is 1. The van der Waals surface area contributed by atoms with Gasteiger partial charge < -0.3 is 10.6 Å². The number of carbonyl (C=O) groups excluding carboxylic acids is 1. The molecular weight excluding hydrogens is 290 g/mol. The topological polar surface area (TPSA) is 83.7 Å². The van der Waals surface area contributed by atoms with E-state index in [2.05, 4.69) is 0 Å². The third kappa shape index (κ3) is 4.93. The van der Waals surface area contributed by atoms with Crippen molar-refractivity contribution in [1.29, 1.82) is 0 Å². The molecule has 0 unspecified atom stereocenters. The zero-order chi connectivity index (χ0) is 16.3. The van der Waals surface area contributed by atoms with E-state index in [-0.39, 0.29) is 23.0 Å². The number of sulfonamides is 1. The summed E-state index contributed by atoms with van der Waals surface area (Å²) >= 11 is 0. The summed E-state index contributed by atoms with van der Waals surface area (Å²) in [6.07, 6.45) is 1.21. The first-order chi connectivity index (χ1) is 9.63. The second-order valence-electron chi connectivity index (χ2n) is 6.64. The van der Waals surface area contributed by atoms with E-state index in [1.807, 2.05) is 13.8 Å². The Hall–Kier alpha value is -0.660. The van der Waals surface area contributed by atoms with Crippen molar-refractivity contribution in [2.75, 3.05) is 39.0 Å². The van der Waals surface area contributed by atoms with Crippen LogP contribution in [-0.2, 0) is 14.8 Å². The highest BCUT2D eigenvalue weighted by Gasteiger charge is 2.32. The van der Waals surface area contributed by atoms with Crippen molar-refractivity contribution in [2.24, 2.45) is 17.1 Å². The standard InChI is InChI=1S/C14H29N3O3S/c1-5-21(19,20)17-8-6-12(7-9-17)13(18)16(4)11-14(2,3)10-15/h12H,5-11,15H2,1-4H3. The molecule has 0 atom stereocenters. The summed E-state index contributed by atoms with van der Waals surface area (Å²) in [6.45, 7) is 7.75. The summed E-state index contributed by atoms with van der Waals surface area (Å²) < 4.78 is 25.1. The van der Waals surface area contributed by atoms with Crippen molar-refractivity contribution in [3.05, 3.63) is 0 Å². The van der Waals surface area contributed by atoms with Crippen molar-refractivity contribution in [2.45, 2.75) is 33.6 Å². The first kappa shape index (κ1) is 18.4. The van der Waals surface area contributed by atoms with Gasteiger partial charge in [-0.15, -0.1) is 0 Å². The molecule has 0 aliphatic carbocycles. The molecule has 1 amide bonds. The number of hydrogen-bond donors (Lipinski definition) is 1. The van der Waals surface area contributed by atoms with E-state index in [0.29, 0.717) is 39.0 Å². The molecule has 124 valence electrons. The summed E-state index contributed by atoms with van der Waals surface area (Å²) in [5, 5.41) is 0. The number of nitrogens with zero attached hydrogens (tertiary/aromatic N) is 2. The summed E-state index contributed by atoms with van der Waals surface area (Å²) in [4.78, 5) is 14.2. The molecule has 1 aliphatic heterocycles. The molecule has 6 nitrogen and oxygen atoms in total. The van der Waals surface area contributed by atoms with Gasteiger partial charge in [-0.2, -0.15) is 0 Å². The summed E-state index contributed by atoms with van der Waals surface area (Å²) in [6, 6.07) is 0. The molecule has 0 radical (unpaired) electrons. The minimum absolute atomic E-state index is 0.0770. The van der Waals surface area contributed by atoms with Crippen LogP contribution in [-0.4, -0.2) is 62.5 Å². The van der Waals surface area contributed by atoms with E-state index >= 15 is 0 Å². The van der Waals surface area contributed by atoms with Gasteiger partial charge in [0.05, 0.1) is 5.75 Å². The zero-order valence-corrected chi connectivity index (χ0v) is 14.4. The average molecular weight is 319 g/mol. The van der Waals surface area contributed by atoms with Crippen LogP contribution in [0.1, 0.15) is 33.6 Å². The van der Waals surface area contributed by atoms with Gasteiger partial charge in [0.15, 0.2) is 0 Å². The van der Waals surface area contributed by atoms with Crippen molar-refractivity contribution in [3.8, 4) is 0 Å². The number of rotatable bonds is 6. The normalized spacial score (nSPS) is 18.7. The third-order valence-electron chi connectivity index (χ3n) is 4.16. The lowest BCUT2D eigenvalue weighted by molar-refractivity contribution is -0.136. The molecule has 1 heterocycles. The molecule has 0 saturated carbocycles. The summed E-state index contributed by atoms with van der Waals surface area (Å²) in [7, 11) is -1.33. The lowest BCUT2D eigenvalue weighted by Gasteiger charge is -2.35. The molecule has 7 heteroatoms. The molecule has 21 heavy (non-hydrogen) atoms. The van der Waals surface area contributed by atoms with Crippen molar-refractivity contribution >= 4 is 15.9 Å². The number of nitrogens with two attached hydrogens (primary N) is 1. The van der Waals surface area contributed by atoms with Crippen LogP contribution in [0.15, 0.2) is 0 Å². The van der Waals surface area contributed by atoms with E-state index in [1.165, 1.54) is 4.31 Å². The molecule has 1 aliphatic rings. The summed E-state index contributed by atoms with van der Waals surface area (Å²) in [5.41, 5.74) is 5.60. The molecular formula is C14H29N3O3S. The van der Waals surface area contributed by atoms with Gasteiger partial charge in [0, 0.05) is 32.6 Å². The van der Waals surface area contributed by atoms with E-state index in [9.17, 15) is 13.2 Å². The maximum absolute atomic E-state index is 12.4. The molecule has 1 fully saturated rings. The number of piperidine rings is 1.